The highest BCUT2D eigenvalue weighted by molar-refractivity contribution is 6.35. The number of nitrogens with two attached hydrogens (primary N) is 1. The molecule has 1 aromatic carbocycles. The summed E-state index contributed by atoms with van der Waals surface area (Å²) >= 11 is 5.81. The first-order chi connectivity index (χ1) is 10.8. The van der Waals surface area contributed by atoms with E-state index in [0.717, 1.165) is 7.11 Å². The van der Waals surface area contributed by atoms with Crippen molar-refractivity contribution in [2.24, 2.45) is 0 Å². The van der Waals surface area contributed by atoms with E-state index in [9.17, 15) is 13.6 Å². The van der Waals surface area contributed by atoms with Gasteiger partial charge in [0.15, 0.2) is 23.1 Å². The number of nitrogens with zero attached hydrogens (tertiary/aromatic N) is 1. The van der Waals surface area contributed by atoms with Crippen LogP contribution in [0.2, 0.25) is 5.02 Å². The smallest absolute Gasteiger partial charge is 0.358 e. The van der Waals surface area contributed by atoms with Crippen molar-refractivity contribution in [1.29, 1.82) is 0 Å². The standard InChI is InChI=1S/C15H13ClF2N2O3/c1-6-4-5-7(9(17)14(6)22-2)12-10(18)11(19)8(16)13(20-12)15(21)23-3/h4-5H,1-3H3,(H2,19,20). The maximum absolute atomic E-state index is 14.5. The molecular formula is C15H13ClF2N2O3. The van der Waals surface area contributed by atoms with Gasteiger partial charge >= 0.3 is 5.97 Å². The number of hydrogen-bond donors (Lipinski definition) is 1. The lowest BCUT2D eigenvalue weighted by molar-refractivity contribution is 0.0594. The Bertz CT molecular complexity index is 797. The summed E-state index contributed by atoms with van der Waals surface area (Å²) in [4.78, 5) is 15.5. The molecule has 0 amide bonds. The summed E-state index contributed by atoms with van der Waals surface area (Å²) in [6.45, 7) is 1.63. The number of pyridine rings is 1. The molecule has 0 aliphatic rings. The van der Waals surface area contributed by atoms with Crippen LogP contribution < -0.4 is 10.5 Å². The third-order valence-electron chi connectivity index (χ3n) is 3.24. The van der Waals surface area contributed by atoms with Gasteiger partial charge in [0.25, 0.3) is 0 Å². The number of rotatable bonds is 3. The van der Waals surface area contributed by atoms with Crippen LogP contribution in [0, 0.1) is 18.6 Å². The van der Waals surface area contributed by atoms with Gasteiger partial charge in [-0.05, 0) is 18.6 Å². The number of benzene rings is 1. The van der Waals surface area contributed by atoms with Crippen LogP contribution in [0.3, 0.4) is 0 Å². The molecule has 0 unspecified atom stereocenters. The third kappa shape index (κ3) is 2.79. The Morgan fingerprint density at radius 2 is 1.91 bits per heavy atom. The SMILES string of the molecule is COC(=O)c1nc(-c2ccc(C)c(OC)c2F)c(F)c(N)c1Cl. The van der Waals surface area contributed by atoms with Crippen molar-refractivity contribution in [3.8, 4) is 17.0 Å². The van der Waals surface area contributed by atoms with Crippen molar-refractivity contribution < 1.29 is 23.0 Å². The predicted octanol–water partition coefficient (Wildman–Crippen LogP) is 3.37. The van der Waals surface area contributed by atoms with Crippen LogP contribution in [0.25, 0.3) is 11.3 Å². The molecule has 122 valence electrons. The summed E-state index contributed by atoms with van der Waals surface area (Å²) in [6.07, 6.45) is 0. The summed E-state index contributed by atoms with van der Waals surface area (Å²) in [5, 5.41) is -0.391. The molecule has 8 heteroatoms. The number of anilines is 1. The average molecular weight is 343 g/mol. The fraction of sp³-hybridized carbons (Fsp3) is 0.200. The quantitative estimate of drug-likeness (QED) is 0.866. The predicted molar refractivity (Wildman–Crippen MR) is 81.6 cm³/mol. The van der Waals surface area contributed by atoms with Crippen molar-refractivity contribution in [2.75, 3.05) is 20.0 Å². The molecule has 0 spiro atoms. The average Bonchev–Trinajstić information content (AvgIpc) is 2.53. The van der Waals surface area contributed by atoms with Crippen molar-refractivity contribution in [1.82, 2.24) is 4.98 Å². The molecular weight excluding hydrogens is 330 g/mol. The largest absolute Gasteiger partial charge is 0.493 e. The lowest BCUT2D eigenvalue weighted by Crippen LogP contribution is -2.11. The van der Waals surface area contributed by atoms with Gasteiger partial charge in [0.1, 0.15) is 5.69 Å². The minimum Gasteiger partial charge on any atom is -0.493 e. The van der Waals surface area contributed by atoms with Gasteiger partial charge in [0, 0.05) is 5.56 Å². The van der Waals surface area contributed by atoms with Crippen LogP contribution in [0.4, 0.5) is 14.5 Å². The highest BCUT2D eigenvalue weighted by Gasteiger charge is 2.25. The minimum atomic E-state index is -1.03. The number of carbonyl (C=O) groups excluding carboxylic acids is 1. The molecule has 0 radical (unpaired) electrons. The number of hydrogen-bond acceptors (Lipinski definition) is 5. The van der Waals surface area contributed by atoms with Gasteiger partial charge in [-0.1, -0.05) is 17.7 Å². The molecule has 0 bridgehead atoms. The van der Waals surface area contributed by atoms with Crippen LogP contribution in [0.1, 0.15) is 16.1 Å². The van der Waals surface area contributed by atoms with E-state index in [1.807, 2.05) is 0 Å². The highest BCUT2D eigenvalue weighted by atomic mass is 35.5. The zero-order valence-electron chi connectivity index (χ0n) is 12.5. The first-order valence-electron chi connectivity index (χ1n) is 6.39. The van der Waals surface area contributed by atoms with Gasteiger partial charge in [0.05, 0.1) is 24.9 Å². The number of halogens is 3. The number of carbonyl (C=O) groups is 1. The van der Waals surface area contributed by atoms with Crippen LogP contribution in [0.5, 0.6) is 5.75 Å². The van der Waals surface area contributed by atoms with E-state index in [1.54, 1.807) is 6.92 Å². The van der Waals surface area contributed by atoms with Crippen LogP contribution in [-0.2, 0) is 4.74 Å². The third-order valence-corrected chi connectivity index (χ3v) is 3.63. The van der Waals surface area contributed by atoms with E-state index in [4.69, 9.17) is 22.1 Å². The van der Waals surface area contributed by atoms with Crippen molar-refractivity contribution >= 4 is 23.3 Å². The van der Waals surface area contributed by atoms with Gasteiger partial charge in [-0.3, -0.25) is 0 Å². The lowest BCUT2D eigenvalue weighted by atomic mass is 10.1. The van der Waals surface area contributed by atoms with Crippen molar-refractivity contribution in [3.63, 3.8) is 0 Å². The second-order valence-electron chi connectivity index (χ2n) is 4.62. The highest BCUT2D eigenvalue weighted by Crippen LogP contribution is 2.36. The molecule has 5 nitrogen and oxygen atoms in total. The summed E-state index contributed by atoms with van der Waals surface area (Å²) in [5.41, 5.74) is 4.49. The van der Waals surface area contributed by atoms with Crippen LogP contribution in [0.15, 0.2) is 12.1 Å². The minimum absolute atomic E-state index is 0.0585. The molecule has 2 aromatic rings. The van der Waals surface area contributed by atoms with E-state index in [2.05, 4.69) is 9.72 Å². The van der Waals surface area contributed by atoms with Crippen LogP contribution in [-0.4, -0.2) is 25.2 Å². The normalized spacial score (nSPS) is 10.5. The molecule has 0 fully saturated rings. The van der Waals surface area contributed by atoms with Gasteiger partial charge < -0.3 is 15.2 Å². The summed E-state index contributed by atoms with van der Waals surface area (Å²) < 4.78 is 38.4. The summed E-state index contributed by atoms with van der Waals surface area (Å²) in [7, 11) is 2.39. The molecule has 0 aliphatic heterocycles. The van der Waals surface area contributed by atoms with E-state index in [1.165, 1.54) is 19.2 Å². The van der Waals surface area contributed by atoms with Crippen molar-refractivity contribution in [2.45, 2.75) is 6.92 Å². The zero-order valence-corrected chi connectivity index (χ0v) is 13.3. The molecule has 0 aliphatic carbocycles. The first-order valence-corrected chi connectivity index (χ1v) is 6.77. The molecule has 23 heavy (non-hydrogen) atoms. The molecule has 0 atom stereocenters. The Balaban J connectivity index is 2.79. The van der Waals surface area contributed by atoms with E-state index < -0.39 is 39.7 Å². The summed E-state index contributed by atoms with van der Waals surface area (Å²) in [5.74, 6) is -2.83. The molecule has 1 heterocycles. The molecule has 0 saturated heterocycles. The maximum Gasteiger partial charge on any atom is 0.358 e. The van der Waals surface area contributed by atoms with E-state index >= 15 is 0 Å². The van der Waals surface area contributed by atoms with Gasteiger partial charge in [-0.25, -0.2) is 18.6 Å². The molecule has 0 saturated carbocycles. The van der Waals surface area contributed by atoms with Gasteiger partial charge in [0.2, 0.25) is 0 Å². The summed E-state index contributed by atoms with van der Waals surface area (Å²) in [6, 6.07) is 2.84. The van der Waals surface area contributed by atoms with Gasteiger partial charge in [-0.15, -0.1) is 0 Å². The Kier molecular flexibility index (Phi) is 4.70. The fourth-order valence-corrected chi connectivity index (χ4v) is 2.26. The lowest BCUT2D eigenvalue weighted by Gasteiger charge is -2.13. The maximum atomic E-state index is 14.5. The number of ether oxygens (including phenoxy) is 2. The topological polar surface area (TPSA) is 74.4 Å². The van der Waals surface area contributed by atoms with Gasteiger partial charge in [-0.2, -0.15) is 0 Å². The second kappa shape index (κ2) is 6.37. The number of esters is 1. The monoisotopic (exact) mass is 342 g/mol. The van der Waals surface area contributed by atoms with Crippen molar-refractivity contribution in [3.05, 3.63) is 40.0 Å². The zero-order chi connectivity index (χ0) is 17.3. The molecule has 2 rings (SSSR count). The Morgan fingerprint density at radius 3 is 2.48 bits per heavy atom. The van der Waals surface area contributed by atoms with E-state index in [0.29, 0.717) is 5.56 Å². The molecule has 2 N–H and O–H groups in total. The number of methoxy groups -OCH3 is 2. The first kappa shape index (κ1) is 17.0. The second-order valence-corrected chi connectivity index (χ2v) is 5.00. The fourth-order valence-electron chi connectivity index (χ4n) is 2.06. The number of aromatic nitrogens is 1. The Labute approximate surface area is 136 Å². The Hall–Kier alpha value is -2.41. The Morgan fingerprint density at radius 1 is 1.26 bits per heavy atom. The number of nitrogen functional groups attached to an aromatic ring is 1. The number of aryl methyl sites for hydroxylation is 1. The van der Waals surface area contributed by atoms with E-state index in [-0.39, 0.29) is 11.3 Å². The molecule has 1 aromatic heterocycles. The van der Waals surface area contributed by atoms with Crippen LogP contribution >= 0.6 is 11.6 Å².